The molecule has 1 aromatic rings. The van der Waals surface area contributed by atoms with Crippen molar-refractivity contribution >= 4 is 11.6 Å². The molecular formula is C13H18ClN. The quantitative estimate of drug-likeness (QED) is 0.744. The molecule has 1 aliphatic rings. The third kappa shape index (κ3) is 3.22. The average Bonchev–Trinajstić information content (AvgIpc) is 2.25. The van der Waals surface area contributed by atoms with Gasteiger partial charge in [0.15, 0.2) is 0 Å². The van der Waals surface area contributed by atoms with Gasteiger partial charge in [-0.2, -0.15) is 0 Å². The molecule has 0 saturated carbocycles. The lowest BCUT2D eigenvalue weighted by Crippen LogP contribution is -2.30. The second-order valence-corrected chi connectivity index (χ2v) is 5.01. The number of rotatable bonds is 2. The van der Waals surface area contributed by atoms with Gasteiger partial charge >= 0.3 is 0 Å². The van der Waals surface area contributed by atoms with E-state index in [1.54, 1.807) is 0 Å². The van der Waals surface area contributed by atoms with E-state index in [-0.39, 0.29) is 0 Å². The van der Waals surface area contributed by atoms with E-state index in [2.05, 4.69) is 24.1 Å². The number of halogens is 1. The van der Waals surface area contributed by atoms with Gasteiger partial charge in [0, 0.05) is 5.02 Å². The van der Waals surface area contributed by atoms with Gasteiger partial charge in [0.05, 0.1) is 0 Å². The van der Waals surface area contributed by atoms with Crippen LogP contribution in [0.15, 0.2) is 24.3 Å². The number of nitrogens with zero attached hydrogens (tertiary/aromatic N) is 1. The Hall–Kier alpha value is -0.530. The molecule has 2 rings (SSSR count). The summed E-state index contributed by atoms with van der Waals surface area (Å²) in [5, 5.41) is 0.835. The van der Waals surface area contributed by atoms with Gasteiger partial charge in [-0.3, -0.25) is 0 Å². The van der Waals surface area contributed by atoms with E-state index in [4.69, 9.17) is 11.6 Å². The molecule has 0 atom stereocenters. The maximum Gasteiger partial charge on any atom is 0.0406 e. The van der Waals surface area contributed by atoms with Gasteiger partial charge < -0.3 is 4.90 Å². The van der Waals surface area contributed by atoms with E-state index >= 15 is 0 Å². The van der Waals surface area contributed by atoms with Crippen LogP contribution in [-0.4, -0.2) is 25.0 Å². The van der Waals surface area contributed by atoms with Crippen molar-refractivity contribution in [2.45, 2.75) is 19.3 Å². The van der Waals surface area contributed by atoms with Gasteiger partial charge in [-0.25, -0.2) is 0 Å². The van der Waals surface area contributed by atoms with Crippen molar-refractivity contribution in [1.82, 2.24) is 4.90 Å². The van der Waals surface area contributed by atoms with Crippen LogP contribution < -0.4 is 0 Å². The second kappa shape index (κ2) is 5.00. The zero-order chi connectivity index (χ0) is 10.7. The van der Waals surface area contributed by atoms with Crippen LogP contribution in [0.3, 0.4) is 0 Å². The van der Waals surface area contributed by atoms with Crippen LogP contribution in [0.2, 0.25) is 5.02 Å². The number of hydrogen-bond donors (Lipinski definition) is 0. The molecule has 1 aromatic carbocycles. The molecule has 0 aromatic heterocycles. The molecule has 1 heterocycles. The van der Waals surface area contributed by atoms with Crippen molar-refractivity contribution in [2.75, 3.05) is 20.1 Å². The number of likely N-dealkylation sites (tertiary alicyclic amines) is 1. The molecular weight excluding hydrogens is 206 g/mol. The van der Waals surface area contributed by atoms with Crippen LogP contribution in [0.4, 0.5) is 0 Å². The van der Waals surface area contributed by atoms with E-state index in [1.165, 1.54) is 37.9 Å². The molecule has 1 fully saturated rings. The molecule has 1 saturated heterocycles. The molecule has 15 heavy (non-hydrogen) atoms. The number of piperidine rings is 1. The molecule has 82 valence electrons. The second-order valence-electron chi connectivity index (χ2n) is 4.58. The smallest absolute Gasteiger partial charge is 0.0406 e. The Balaban J connectivity index is 1.89. The summed E-state index contributed by atoms with van der Waals surface area (Å²) in [6.45, 7) is 2.50. The van der Waals surface area contributed by atoms with Crippen LogP contribution in [0, 0.1) is 5.92 Å². The van der Waals surface area contributed by atoms with Gasteiger partial charge in [0.1, 0.15) is 0 Å². The summed E-state index contributed by atoms with van der Waals surface area (Å²) in [7, 11) is 2.21. The number of hydrogen-bond acceptors (Lipinski definition) is 1. The zero-order valence-corrected chi connectivity index (χ0v) is 10.0. The summed E-state index contributed by atoms with van der Waals surface area (Å²) in [5.41, 5.74) is 1.42. The van der Waals surface area contributed by atoms with Gasteiger partial charge in [-0.1, -0.05) is 23.7 Å². The van der Waals surface area contributed by atoms with Crippen molar-refractivity contribution in [3.8, 4) is 0 Å². The van der Waals surface area contributed by atoms with Crippen LogP contribution in [0.5, 0.6) is 0 Å². The molecule has 2 heteroatoms. The lowest BCUT2D eigenvalue weighted by molar-refractivity contribution is 0.219. The van der Waals surface area contributed by atoms with Crippen molar-refractivity contribution < 1.29 is 0 Å². The lowest BCUT2D eigenvalue weighted by atomic mass is 9.90. The predicted octanol–water partition coefficient (Wildman–Crippen LogP) is 3.22. The monoisotopic (exact) mass is 223 g/mol. The van der Waals surface area contributed by atoms with Crippen LogP contribution in [0.1, 0.15) is 18.4 Å². The third-order valence-electron chi connectivity index (χ3n) is 3.28. The SMILES string of the molecule is CN1CCC(Cc2ccc(Cl)cc2)CC1. The molecule has 0 spiro atoms. The minimum Gasteiger partial charge on any atom is -0.306 e. The Morgan fingerprint density at radius 3 is 2.40 bits per heavy atom. The fraction of sp³-hybridized carbons (Fsp3) is 0.538. The molecule has 0 unspecified atom stereocenters. The summed E-state index contributed by atoms with van der Waals surface area (Å²) in [6, 6.07) is 8.29. The normalized spacial score (nSPS) is 19.3. The van der Waals surface area contributed by atoms with E-state index < -0.39 is 0 Å². The average molecular weight is 224 g/mol. The fourth-order valence-electron chi connectivity index (χ4n) is 2.22. The van der Waals surface area contributed by atoms with Crippen LogP contribution in [-0.2, 0) is 6.42 Å². The minimum atomic E-state index is 0.835. The summed E-state index contributed by atoms with van der Waals surface area (Å²) in [4.78, 5) is 2.42. The van der Waals surface area contributed by atoms with Gasteiger partial charge in [-0.05, 0) is 63.0 Å². The highest BCUT2D eigenvalue weighted by Gasteiger charge is 2.16. The van der Waals surface area contributed by atoms with Gasteiger partial charge in [-0.15, -0.1) is 0 Å². The van der Waals surface area contributed by atoms with E-state index in [9.17, 15) is 0 Å². The Bertz CT molecular complexity index is 299. The van der Waals surface area contributed by atoms with Crippen molar-refractivity contribution in [1.29, 1.82) is 0 Å². The fourth-order valence-corrected chi connectivity index (χ4v) is 2.35. The molecule has 0 radical (unpaired) electrons. The topological polar surface area (TPSA) is 3.24 Å². The molecule has 1 nitrogen and oxygen atoms in total. The Labute approximate surface area is 97.0 Å². The van der Waals surface area contributed by atoms with Crippen LogP contribution >= 0.6 is 11.6 Å². The predicted molar refractivity (Wildman–Crippen MR) is 65.4 cm³/mol. The highest BCUT2D eigenvalue weighted by Crippen LogP contribution is 2.21. The highest BCUT2D eigenvalue weighted by atomic mass is 35.5. The molecule has 0 aliphatic carbocycles. The highest BCUT2D eigenvalue weighted by molar-refractivity contribution is 6.30. The van der Waals surface area contributed by atoms with Crippen LogP contribution in [0.25, 0.3) is 0 Å². The largest absolute Gasteiger partial charge is 0.306 e. The first-order chi connectivity index (χ1) is 7.24. The third-order valence-corrected chi connectivity index (χ3v) is 3.53. The Morgan fingerprint density at radius 1 is 1.20 bits per heavy atom. The lowest BCUT2D eigenvalue weighted by Gasteiger charge is -2.28. The Kier molecular flexibility index (Phi) is 3.66. The van der Waals surface area contributed by atoms with E-state index in [1.807, 2.05) is 12.1 Å². The summed E-state index contributed by atoms with van der Waals surface area (Å²) in [5.74, 6) is 0.863. The molecule has 0 N–H and O–H groups in total. The Morgan fingerprint density at radius 2 is 1.80 bits per heavy atom. The van der Waals surface area contributed by atoms with Gasteiger partial charge in [0.2, 0.25) is 0 Å². The zero-order valence-electron chi connectivity index (χ0n) is 9.25. The summed E-state index contributed by atoms with van der Waals surface area (Å²) >= 11 is 5.87. The molecule has 0 amide bonds. The summed E-state index contributed by atoms with van der Waals surface area (Å²) < 4.78 is 0. The maximum absolute atomic E-state index is 5.87. The first-order valence-corrected chi connectivity index (χ1v) is 6.05. The van der Waals surface area contributed by atoms with E-state index in [0.29, 0.717) is 0 Å². The van der Waals surface area contributed by atoms with Crippen molar-refractivity contribution in [3.05, 3.63) is 34.9 Å². The first kappa shape index (κ1) is 11.0. The number of benzene rings is 1. The summed E-state index contributed by atoms with van der Waals surface area (Å²) in [6.07, 6.45) is 3.88. The van der Waals surface area contributed by atoms with E-state index in [0.717, 1.165) is 10.9 Å². The van der Waals surface area contributed by atoms with Gasteiger partial charge in [0.25, 0.3) is 0 Å². The van der Waals surface area contributed by atoms with Crippen molar-refractivity contribution in [2.24, 2.45) is 5.92 Å². The maximum atomic E-state index is 5.87. The van der Waals surface area contributed by atoms with Crippen molar-refractivity contribution in [3.63, 3.8) is 0 Å². The first-order valence-electron chi connectivity index (χ1n) is 5.67. The minimum absolute atomic E-state index is 0.835. The molecule has 0 bridgehead atoms. The standard InChI is InChI=1S/C13H18ClN/c1-15-8-6-12(7-9-15)10-11-2-4-13(14)5-3-11/h2-5,12H,6-10H2,1H3. The molecule has 1 aliphatic heterocycles.